The van der Waals surface area contributed by atoms with Crippen molar-refractivity contribution in [3.63, 3.8) is 0 Å². The van der Waals surface area contributed by atoms with Gasteiger partial charge in [-0.1, -0.05) is 48.0 Å². The summed E-state index contributed by atoms with van der Waals surface area (Å²) in [5, 5.41) is 6.56. The van der Waals surface area contributed by atoms with Crippen molar-refractivity contribution in [1.82, 2.24) is 10.3 Å². The molecule has 1 unspecified atom stereocenters. The van der Waals surface area contributed by atoms with Crippen LogP contribution in [0.2, 0.25) is 5.02 Å². The highest BCUT2D eigenvalue weighted by atomic mass is 35.5. The topological polar surface area (TPSA) is 24.9 Å². The van der Waals surface area contributed by atoms with Crippen LogP contribution in [0.5, 0.6) is 0 Å². The number of rotatable bonds is 4. The van der Waals surface area contributed by atoms with Crippen molar-refractivity contribution >= 4 is 22.4 Å². The number of aromatic nitrogens is 1. The highest BCUT2D eigenvalue weighted by Crippen LogP contribution is 2.25. The standard InChI is InChI=1S/C18H17ClN2/c1-20-17(12-13-5-4-7-15(19)11-13)18-16-8-3-2-6-14(16)9-10-21-18/h2-11,17,20H,12H2,1H3. The molecule has 0 bridgehead atoms. The van der Waals surface area contributed by atoms with Crippen LogP contribution in [0.1, 0.15) is 17.3 Å². The molecule has 0 saturated carbocycles. The Balaban J connectivity index is 1.98. The average Bonchev–Trinajstić information content (AvgIpc) is 2.52. The molecule has 0 fully saturated rings. The Bertz CT molecular complexity index is 750. The van der Waals surface area contributed by atoms with Crippen LogP contribution in [0.3, 0.4) is 0 Å². The predicted molar refractivity (Wildman–Crippen MR) is 88.7 cm³/mol. The molecule has 0 aliphatic rings. The lowest BCUT2D eigenvalue weighted by molar-refractivity contribution is 0.581. The van der Waals surface area contributed by atoms with Gasteiger partial charge in [0, 0.05) is 16.6 Å². The summed E-state index contributed by atoms with van der Waals surface area (Å²) < 4.78 is 0. The van der Waals surface area contributed by atoms with Gasteiger partial charge in [-0.15, -0.1) is 0 Å². The molecule has 0 spiro atoms. The average molecular weight is 297 g/mol. The van der Waals surface area contributed by atoms with Crippen molar-refractivity contribution in [2.24, 2.45) is 0 Å². The lowest BCUT2D eigenvalue weighted by Crippen LogP contribution is -2.20. The molecule has 21 heavy (non-hydrogen) atoms. The van der Waals surface area contributed by atoms with Crippen LogP contribution >= 0.6 is 11.6 Å². The van der Waals surface area contributed by atoms with Gasteiger partial charge >= 0.3 is 0 Å². The Labute approximate surface area is 129 Å². The first-order valence-corrected chi connectivity index (χ1v) is 7.41. The highest BCUT2D eigenvalue weighted by molar-refractivity contribution is 6.30. The molecular formula is C18H17ClN2. The minimum Gasteiger partial charge on any atom is -0.311 e. The van der Waals surface area contributed by atoms with Crippen molar-refractivity contribution in [1.29, 1.82) is 0 Å². The Morgan fingerprint density at radius 3 is 2.76 bits per heavy atom. The second-order valence-corrected chi connectivity index (χ2v) is 5.53. The molecule has 1 atom stereocenters. The smallest absolute Gasteiger partial charge is 0.0654 e. The molecule has 3 rings (SSSR count). The largest absolute Gasteiger partial charge is 0.311 e. The molecule has 0 radical (unpaired) electrons. The number of fused-ring (bicyclic) bond motifs is 1. The molecule has 0 amide bonds. The fourth-order valence-electron chi connectivity index (χ4n) is 2.66. The maximum atomic E-state index is 6.08. The fraction of sp³-hybridized carbons (Fsp3) is 0.167. The summed E-state index contributed by atoms with van der Waals surface area (Å²) in [5.41, 5.74) is 2.28. The van der Waals surface area contributed by atoms with Gasteiger partial charge in [0.25, 0.3) is 0 Å². The lowest BCUT2D eigenvalue weighted by atomic mass is 9.99. The molecule has 3 aromatic rings. The van der Waals surface area contributed by atoms with E-state index in [4.69, 9.17) is 11.6 Å². The third kappa shape index (κ3) is 3.07. The third-order valence-electron chi connectivity index (χ3n) is 3.71. The summed E-state index contributed by atoms with van der Waals surface area (Å²) in [6, 6.07) is 18.6. The van der Waals surface area contributed by atoms with E-state index in [1.165, 1.54) is 16.3 Å². The predicted octanol–water partition coefficient (Wildman–Crippen LogP) is 4.39. The summed E-state index contributed by atoms with van der Waals surface area (Å²) in [5.74, 6) is 0. The monoisotopic (exact) mass is 296 g/mol. The molecule has 1 N–H and O–H groups in total. The number of likely N-dealkylation sites (N-methyl/N-ethyl adjacent to an activating group) is 1. The molecule has 2 aromatic carbocycles. The Morgan fingerprint density at radius 2 is 1.95 bits per heavy atom. The van der Waals surface area contributed by atoms with E-state index in [2.05, 4.69) is 40.6 Å². The summed E-state index contributed by atoms with van der Waals surface area (Å²) in [4.78, 5) is 4.60. The van der Waals surface area contributed by atoms with E-state index < -0.39 is 0 Å². The minimum absolute atomic E-state index is 0.162. The number of benzene rings is 2. The van der Waals surface area contributed by atoms with Crippen molar-refractivity contribution in [2.75, 3.05) is 7.05 Å². The Kier molecular flexibility index (Phi) is 4.18. The first-order chi connectivity index (χ1) is 10.3. The number of nitrogens with zero attached hydrogens (tertiary/aromatic N) is 1. The zero-order valence-corrected chi connectivity index (χ0v) is 12.6. The summed E-state index contributed by atoms with van der Waals surface area (Å²) in [7, 11) is 1.97. The molecule has 1 heterocycles. The molecule has 1 aromatic heterocycles. The first kappa shape index (κ1) is 14.1. The summed E-state index contributed by atoms with van der Waals surface area (Å²) in [6.45, 7) is 0. The maximum Gasteiger partial charge on any atom is 0.0654 e. The van der Waals surface area contributed by atoms with Gasteiger partial charge < -0.3 is 5.32 Å². The van der Waals surface area contributed by atoms with Crippen molar-refractivity contribution in [2.45, 2.75) is 12.5 Å². The molecule has 106 valence electrons. The quantitative estimate of drug-likeness (QED) is 0.772. The maximum absolute atomic E-state index is 6.08. The molecular weight excluding hydrogens is 280 g/mol. The van der Waals surface area contributed by atoms with Gasteiger partial charge in [0.2, 0.25) is 0 Å². The first-order valence-electron chi connectivity index (χ1n) is 7.03. The minimum atomic E-state index is 0.162. The van der Waals surface area contributed by atoms with Gasteiger partial charge in [-0.2, -0.15) is 0 Å². The summed E-state index contributed by atoms with van der Waals surface area (Å²) in [6.07, 6.45) is 2.73. The second-order valence-electron chi connectivity index (χ2n) is 5.09. The van der Waals surface area contributed by atoms with Crippen LogP contribution in [-0.2, 0) is 6.42 Å². The molecule has 2 nitrogen and oxygen atoms in total. The fourth-order valence-corrected chi connectivity index (χ4v) is 2.87. The van der Waals surface area contributed by atoms with Gasteiger partial charge in [0.15, 0.2) is 0 Å². The van der Waals surface area contributed by atoms with Crippen molar-refractivity contribution in [3.05, 3.63) is 77.1 Å². The van der Waals surface area contributed by atoms with Gasteiger partial charge in [0.05, 0.1) is 11.7 Å². The molecule has 0 saturated heterocycles. The van der Waals surface area contributed by atoms with Crippen LogP contribution < -0.4 is 5.32 Å². The number of pyridine rings is 1. The van der Waals surface area contributed by atoms with Gasteiger partial charge in [-0.25, -0.2) is 0 Å². The Hall–Kier alpha value is -1.90. The molecule has 0 aliphatic heterocycles. The van der Waals surface area contributed by atoms with Crippen LogP contribution in [0.4, 0.5) is 0 Å². The van der Waals surface area contributed by atoms with E-state index in [1.54, 1.807) is 0 Å². The third-order valence-corrected chi connectivity index (χ3v) is 3.95. The zero-order chi connectivity index (χ0) is 14.7. The summed E-state index contributed by atoms with van der Waals surface area (Å²) >= 11 is 6.08. The van der Waals surface area contributed by atoms with Crippen molar-refractivity contribution < 1.29 is 0 Å². The number of nitrogens with one attached hydrogen (secondary N) is 1. The van der Waals surface area contributed by atoms with E-state index in [-0.39, 0.29) is 6.04 Å². The second kappa shape index (κ2) is 6.25. The van der Waals surface area contributed by atoms with E-state index >= 15 is 0 Å². The van der Waals surface area contributed by atoms with Gasteiger partial charge in [-0.3, -0.25) is 4.98 Å². The van der Waals surface area contributed by atoms with Crippen molar-refractivity contribution in [3.8, 4) is 0 Å². The van der Waals surface area contributed by atoms with E-state index in [0.717, 1.165) is 17.1 Å². The molecule has 0 aliphatic carbocycles. The van der Waals surface area contributed by atoms with Gasteiger partial charge in [0.1, 0.15) is 0 Å². The van der Waals surface area contributed by atoms with E-state index in [1.807, 2.05) is 37.5 Å². The van der Waals surface area contributed by atoms with Crippen LogP contribution in [-0.4, -0.2) is 12.0 Å². The SMILES string of the molecule is CNC(Cc1cccc(Cl)c1)c1nccc2ccccc12. The zero-order valence-electron chi connectivity index (χ0n) is 11.9. The number of hydrogen-bond donors (Lipinski definition) is 1. The van der Waals surface area contributed by atoms with Crippen LogP contribution in [0.15, 0.2) is 60.8 Å². The van der Waals surface area contributed by atoms with E-state index in [0.29, 0.717) is 0 Å². The number of hydrogen-bond acceptors (Lipinski definition) is 2. The van der Waals surface area contributed by atoms with Crippen LogP contribution in [0, 0.1) is 0 Å². The van der Waals surface area contributed by atoms with Crippen LogP contribution in [0.25, 0.3) is 10.8 Å². The lowest BCUT2D eigenvalue weighted by Gasteiger charge is -2.18. The van der Waals surface area contributed by atoms with Gasteiger partial charge in [-0.05, 0) is 42.6 Å². The normalized spacial score (nSPS) is 12.5. The Morgan fingerprint density at radius 1 is 1.10 bits per heavy atom. The number of halogens is 1. The molecule has 3 heteroatoms. The highest BCUT2D eigenvalue weighted by Gasteiger charge is 2.14. The van der Waals surface area contributed by atoms with E-state index in [9.17, 15) is 0 Å².